The summed E-state index contributed by atoms with van der Waals surface area (Å²) >= 11 is 0. The molecule has 1 fully saturated rings. The molecule has 0 saturated carbocycles. The zero-order chi connectivity index (χ0) is 13.8. The van der Waals surface area contributed by atoms with Gasteiger partial charge in [0.1, 0.15) is 5.82 Å². The molecule has 0 atom stereocenters. The van der Waals surface area contributed by atoms with E-state index in [-0.39, 0.29) is 12.2 Å². The molecule has 5 heteroatoms. The van der Waals surface area contributed by atoms with E-state index in [0.29, 0.717) is 11.6 Å². The van der Waals surface area contributed by atoms with E-state index in [2.05, 4.69) is 4.74 Å². The number of piperidine rings is 1. The van der Waals surface area contributed by atoms with Gasteiger partial charge in [0.15, 0.2) is 0 Å². The van der Waals surface area contributed by atoms with Crippen LogP contribution in [0.25, 0.3) is 0 Å². The molecule has 0 unspecified atom stereocenters. The Morgan fingerprint density at radius 3 is 2.68 bits per heavy atom. The van der Waals surface area contributed by atoms with Crippen LogP contribution in [0.3, 0.4) is 0 Å². The van der Waals surface area contributed by atoms with Gasteiger partial charge in [-0.15, -0.1) is 0 Å². The number of ether oxygens (including phenoxy) is 1. The van der Waals surface area contributed by atoms with E-state index < -0.39 is 11.8 Å². The fourth-order valence-electron chi connectivity index (χ4n) is 2.36. The summed E-state index contributed by atoms with van der Waals surface area (Å²) in [6, 6.07) is 4.39. The van der Waals surface area contributed by atoms with Crippen molar-refractivity contribution >= 4 is 11.7 Å². The maximum absolute atomic E-state index is 14.0. The molecule has 1 heterocycles. The van der Waals surface area contributed by atoms with Crippen molar-refractivity contribution in [2.75, 3.05) is 31.7 Å². The first-order valence-corrected chi connectivity index (χ1v) is 6.39. The summed E-state index contributed by atoms with van der Waals surface area (Å²) in [7, 11) is 1.27. The van der Waals surface area contributed by atoms with Crippen LogP contribution < -0.4 is 4.90 Å². The van der Waals surface area contributed by atoms with Gasteiger partial charge < -0.3 is 14.7 Å². The molecule has 0 spiro atoms. The third kappa shape index (κ3) is 3.04. The van der Waals surface area contributed by atoms with Crippen LogP contribution in [0.15, 0.2) is 18.2 Å². The first-order chi connectivity index (χ1) is 9.15. The molecule has 1 aliphatic heterocycles. The van der Waals surface area contributed by atoms with Crippen LogP contribution >= 0.6 is 0 Å². The Morgan fingerprint density at radius 2 is 2.16 bits per heavy atom. The molecule has 1 aliphatic rings. The van der Waals surface area contributed by atoms with Crippen LogP contribution in [0, 0.1) is 11.7 Å². The van der Waals surface area contributed by atoms with E-state index >= 15 is 0 Å². The molecule has 0 radical (unpaired) electrons. The van der Waals surface area contributed by atoms with E-state index in [1.807, 2.05) is 4.90 Å². The van der Waals surface area contributed by atoms with Crippen LogP contribution in [-0.2, 0) is 4.74 Å². The summed E-state index contributed by atoms with van der Waals surface area (Å²) < 4.78 is 18.6. The first-order valence-electron chi connectivity index (χ1n) is 6.39. The number of halogens is 1. The van der Waals surface area contributed by atoms with Gasteiger partial charge in [0.2, 0.25) is 0 Å². The quantitative estimate of drug-likeness (QED) is 0.849. The molecule has 2 rings (SSSR count). The number of benzene rings is 1. The largest absolute Gasteiger partial charge is 0.465 e. The maximum atomic E-state index is 14.0. The van der Waals surface area contributed by atoms with E-state index in [4.69, 9.17) is 5.11 Å². The lowest BCUT2D eigenvalue weighted by Gasteiger charge is -2.33. The molecule has 0 aromatic heterocycles. The lowest BCUT2D eigenvalue weighted by Crippen LogP contribution is -2.35. The minimum Gasteiger partial charge on any atom is -0.465 e. The normalized spacial score (nSPS) is 16.5. The van der Waals surface area contributed by atoms with E-state index in [1.54, 1.807) is 12.1 Å². The summed E-state index contributed by atoms with van der Waals surface area (Å²) in [4.78, 5) is 13.3. The molecular formula is C14H18FNO3. The van der Waals surface area contributed by atoms with Crippen molar-refractivity contribution in [1.29, 1.82) is 0 Å². The van der Waals surface area contributed by atoms with Gasteiger partial charge in [0.05, 0.1) is 18.4 Å². The predicted octanol–water partition coefficient (Wildman–Crippen LogP) is 1.82. The summed E-state index contributed by atoms with van der Waals surface area (Å²) in [5.41, 5.74) is 0.720. The Hall–Kier alpha value is -1.62. The Balaban J connectivity index is 2.11. The Kier molecular flexibility index (Phi) is 4.37. The fourth-order valence-corrected chi connectivity index (χ4v) is 2.36. The molecular weight excluding hydrogens is 249 g/mol. The van der Waals surface area contributed by atoms with Crippen molar-refractivity contribution < 1.29 is 19.0 Å². The third-order valence-corrected chi connectivity index (χ3v) is 3.58. The van der Waals surface area contributed by atoms with Crippen LogP contribution in [0.4, 0.5) is 10.1 Å². The second-order valence-electron chi connectivity index (χ2n) is 4.77. The second-order valence-corrected chi connectivity index (χ2v) is 4.77. The average Bonchev–Trinajstić information content (AvgIpc) is 2.46. The number of aliphatic hydroxyl groups excluding tert-OH is 1. The first kappa shape index (κ1) is 13.8. The number of esters is 1. The van der Waals surface area contributed by atoms with Gasteiger partial charge in [-0.25, -0.2) is 9.18 Å². The molecule has 1 N–H and O–H groups in total. The number of methoxy groups -OCH3 is 1. The smallest absolute Gasteiger partial charge is 0.337 e. The van der Waals surface area contributed by atoms with Crippen molar-refractivity contribution in [2.45, 2.75) is 12.8 Å². The SMILES string of the molecule is COC(=O)c1ccc(N2CCC(CO)CC2)c(F)c1. The molecule has 19 heavy (non-hydrogen) atoms. The molecule has 1 aromatic rings. The third-order valence-electron chi connectivity index (χ3n) is 3.58. The highest BCUT2D eigenvalue weighted by Crippen LogP contribution is 2.26. The number of nitrogens with zero attached hydrogens (tertiary/aromatic N) is 1. The van der Waals surface area contributed by atoms with Gasteiger partial charge in [0.25, 0.3) is 0 Å². The number of carbonyl (C=O) groups is 1. The number of rotatable bonds is 3. The summed E-state index contributed by atoms with van der Waals surface area (Å²) in [6.07, 6.45) is 1.71. The van der Waals surface area contributed by atoms with E-state index in [0.717, 1.165) is 25.9 Å². The topological polar surface area (TPSA) is 49.8 Å². The predicted molar refractivity (Wildman–Crippen MR) is 69.8 cm³/mol. The van der Waals surface area contributed by atoms with Gasteiger partial charge >= 0.3 is 5.97 Å². The summed E-state index contributed by atoms with van der Waals surface area (Å²) in [5.74, 6) is -0.636. The van der Waals surface area contributed by atoms with Gasteiger partial charge in [-0.1, -0.05) is 0 Å². The Bertz CT molecular complexity index is 456. The molecule has 4 nitrogen and oxygen atoms in total. The lowest BCUT2D eigenvalue weighted by atomic mass is 9.97. The minimum atomic E-state index is -0.538. The standard InChI is InChI=1S/C14H18FNO3/c1-19-14(18)11-2-3-13(12(15)8-11)16-6-4-10(9-17)5-7-16/h2-3,8,10,17H,4-7,9H2,1H3. The van der Waals surface area contributed by atoms with Crippen molar-refractivity contribution in [2.24, 2.45) is 5.92 Å². The second kappa shape index (κ2) is 6.02. The molecule has 0 amide bonds. The van der Waals surface area contributed by atoms with Gasteiger partial charge in [0, 0.05) is 19.7 Å². The highest BCUT2D eigenvalue weighted by atomic mass is 19.1. The van der Waals surface area contributed by atoms with E-state index in [1.165, 1.54) is 13.2 Å². The lowest BCUT2D eigenvalue weighted by molar-refractivity contribution is 0.0600. The van der Waals surface area contributed by atoms with Crippen molar-refractivity contribution in [3.63, 3.8) is 0 Å². The Labute approximate surface area is 111 Å². The number of carbonyl (C=O) groups excluding carboxylic acids is 1. The monoisotopic (exact) mass is 267 g/mol. The van der Waals surface area contributed by atoms with Crippen molar-refractivity contribution in [1.82, 2.24) is 0 Å². The highest BCUT2D eigenvalue weighted by molar-refractivity contribution is 5.89. The number of aliphatic hydroxyl groups is 1. The molecule has 0 aliphatic carbocycles. The highest BCUT2D eigenvalue weighted by Gasteiger charge is 2.21. The average molecular weight is 267 g/mol. The van der Waals surface area contributed by atoms with Crippen LogP contribution in [0.2, 0.25) is 0 Å². The van der Waals surface area contributed by atoms with Gasteiger partial charge in [-0.2, -0.15) is 0 Å². The van der Waals surface area contributed by atoms with Gasteiger partial charge in [-0.3, -0.25) is 0 Å². The zero-order valence-electron chi connectivity index (χ0n) is 10.9. The fraction of sp³-hybridized carbons (Fsp3) is 0.500. The maximum Gasteiger partial charge on any atom is 0.337 e. The minimum absolute atomic E-state index is 0.192. The molecule has 0 bridgehead atoms. The van der Waals surface area contributed by atoms with Crippen LogP contribution in [-0.4, -0.2) is 37.9 Å². The Morgan fingerprint density at radius 1 is 1.47 bits per heavy atom. The van der Waals surface area contributed by atoms with Gasteiger partial charge in [-0.05, 0) is 37.0 Å². The zero-order valence-corrected chi connectivity index (χ0v) is 10.9. The summed E-state index contributed by atoms with van der Waals surface area (Å²) in [5, 5.41) is 9.08. The molecule has 1 saturated heterocycles. The summed E-state index contributed by atoms with van der Waals surface area (Å²) in [6.45, 7) is 1.64. The van der Waals surface area contributed by atoms with Crippen molar-refractivity contribution in [3.05, 3.63) is 29.6 Å². The number of hydrogen-bond donors (Lipinski definition) is 1. The van der Waals surface area contributed by atoms with Crippen molar-refractivity contribution in [3.8, 4) is 0 Å². The number of hydrogen-bond acceptors (Lipinski definition) is 4. The van der Waals surface area contributed by atoms with Crippen LogP contribution in [0.1, 0.15) is 23.2 Å². The van der Waals surface area contributed by atoms with Crippen LogP contribution in [0.5, 0.6) is 0 Å². The molecule has 104 valence electrons. The molecule has 1 aromatic carbocycles. The number of anilines is 1. The van der Waals surface area contributed by atoms with E-state index in [9.17, 15) is 9.18 Å².